The molecule has 0 unspecified atom stereocenters. The lowest BCUT2D eigenvalue weighted by atomic mass is 9.86. The van der Waals surface area contributed by atoms with Gasteiger partial charge in [0.15, 0.2) is 0 Å². The number of carboxylic acid groups (broad SMARTS) is 1. The number of hydrogen-bond donors (Lipinski definition) is 3. The Bertz CT molecular complexity index is 1400. The zero-order valence-electron chi connectivity index (χ0n) is 31.6. The van der Waals surface area contributed by atoms with Crippen molar-refractivity contribution in [1.82, 2.24) is 25.4 Å². The molecule has 0 spiro atoms. The Hall–Kier alpha value is -4.11. The number of esters is 1. The highest BCUT2D eigenvalue weighted by molar-refractivity contribution is 5.93. The van der Waals surface area contributed by atoms with Gasteiger partial charge in [0.25, 0.3) is 0 Å². The van der Waals surface area contributed by atoms with Crippen LogP contribution in [0.4, 0.5) is 0 Å². The molecule has 0 aromatic carbocycles. The molecule has 3 N–H and O–H groups in total. The lowest BCUT2D eigenvalue weighted by molar-refractivity contribution is -0.161. The number of pyridine rings is 1. The minimum Gasteiger partial charge on any atom is -0.480 e. The van der Waals surface area contributed by atoms with Crippen molar-refractivity contribution >= 4 is 35.6 Å². The maximum absolute atomic E-state index is 13.5. The number of carboxylic acids is 1. The molecule has 15 heteroatoms. The normalized spacial score (nSPS) is 24.7. The fourth-order valence-electron chi connectivity index (χ4n) is 7.36. The van der Waals surface area contributed by atoms with Gasteiger partial charge in [-0.25, -0.2) is 0 Å². The predicted molar refractivity (Wildman–Crippen MR) is 192 cm³/mol. The van der Waals surface area contributed by atoms with Gasteiger partial charge in [-0.05, 0) is 90.2 Å². The van der Waals surface area contributed by atoms with Crippen molar-refractivity contribution in [2.45, 2.75) is 121 Å². The van der Waals surface area contributed by atoms with Crippen molar-refractivity contribution in [2.75, 3.05) is 39.9 Å². The largest absolute Gasteiger partial charge is 0.480 e. The summed E-state index contributed by atoms with van der Waals surface area (Å²) in [6, 6.07) is 2.94. The van der Waals surface area contributed by atoms with Gasteiger partial charge in [-0.15, -0.1) is 0 Å². The minimum absolute atomic E-state index is 0.00677. The van der Waals surface area contributed by atoms with E-state index in [0.29, 0.717) is 25.0 Å². The van der Waals surface area contributed by atoms with E-state index in [1.165, 1.54) is 4.90 Å². The molecule has 2 heterocycles. The molecule has 294 valence electrons. The number of hydrogen-bond acceptors (Lipinski definition) is 10. The standard InChI is InChI=1S/C38H57N5O10/c1-38(2,3)53-37(50)25-9-11-27(12-10-25)41-31(44)8-6-19-51-28-13-15-29(16-14-28)52-20-18-40-32(45)23-43(24-34(47)48)36(49)30-21-33(46)42(4)35(30)26-7-5-17-39-22-26/h5,7,17,22,25,27-30,35H,6,8-16,18-21,23-24H2,1-4H3,(H,40,45)(H,41,44)(H,47,48)/t25?,27?,28?,29?,30-,35+/m0/s1. The van der Waals surface area contributed by atoms with Gasteiger partial charge in [0.1, 0.15) is 18.7 Å². The van der Waals surface area contributed by atoms with Crippen LogP contribution in [0.25, 0.3) is 0 Å². The Morgan fingerprint density at radius 2 is 1.60 bits per heavy atom. The monoisotopic (exact) mass is 743 g/mol. The van der Waals surface area contributed by atoms with Crippen molar-refractivity contribution < 1.29 is 48.1 Å². The van der Waals surface area contributed by atoms with Gasteiger partial charge >= 0.3 is 11.9 Å². The number of aromatic nitrogens is 1. The number of carbonyl (C=O) groups excluding carboxylic acids is 5. The van der Waals surface area contributed by atoms with Crippen LogP contribution in [0.3, 0.4) is 0 Å². The zero-order chi connectivity index (χ0) is 38.5. The maximum atomic E-state index is 13.5. The van der Waals surface area contributed by atoms with Crippen LogP contribution in [0.15, 0.2) is 24.5 Å². The van der Waals surface area contributed by atoms with Crippen molar-refractivity contribution in [1.29, 1.82) is 0 Å². The molecule has 15 nitrogen and oxygen atoms in total. The van der Waals surface area contributed by atoms with Crippen LogP contribution in [0.2, 0.25) is 0 Å². The lowest BCUT2D eigenvalue weighted by Gasteiger charge is -2.30. The van der Waals surface area contributed by atoms with E-state index in [0.717, 1.165) is 56.3 Å². The predicted octanol–water partition coefficient (Wildman–Crippen LogP) is 2.77. The summed E-state index contributed by atoms with van der Waals surface area (Å²) in [5.41, 5.74) is 0.164. The second-order valence-electron chi connectivity index (χ2n) is 15.4. The number of nitrogens with zero attached hydrogens (tertiary/aromatic N) is 3. The Kier molecular flexibility index (Phi) is 15.6. The first kappa shape index (κ1) is 41.6. The Labute approximate surface area is 311 Å². The van der Waals surface area contributed by atoms with Crippen molar-refractivity contribution in [3.05, 3.63) is 30.1 Å². The highest BCUT2D eigenvalue weighted by Crippen LogP contribution is 2.38. The summed E-state index contributed by atoms with van der Waals surface area (Å²) in [6.07, 6.45) is 10.5. The van der Waals surface area contributed by atoms with Crippen LogP contribution in [-0.2, 0) is 43.0 Å². The molecule has 2 saturated carbocycles. The van der Waals surface area contributed by atoms with Gasteiger partial charge < -0.3 is 39.8 Å². The van der Waals surface area contributed by atoms with Gasteiger partial charge in [0.2, 0.25) is 23.6 Å². The summed E-state index contributed by atoms with van der Waals surface area (Å²) < 4.78 is 17.5. The van der Waals surface area contributed by atoms with Crippen molar-refractivity contribution in [3.63, 3.8) is 0 Å². The highest BCUT2D eigenvalue weighted by atomic mass is 16.6. The van der Waals surface area contributed by atoms with Crippen LogP contribution < -0.4 is 10.6 Å². The summed E-state index contributed by atoms with van der Waals surface area (Å²) >= 11 is 0. The second kappa shape index (κ2) is 19.8. The molecular formula is C38H57N5O10. The van der Waals surface area contributed by atoms with Gasteiger partial charge in [-0.1, -0.05) is 6.07 Å². The number of ether oxygens (including phenoxy) is 3. The molecule has 1 aromatic heterocycles. The van der Waals surface area contributed by atoms with E-state index in [1.54, 1.807) is 31.6 Å². The molecule has 1 aliphatic heterocycles. The molecule has 1 aromatic rings. The van der Waals surface area contributed by atoms with E-state index in [1.807, 2.05) is 20.8 Å². The quantitative estimate of drug-likeness (QED) is 0.157. The number of aliphatic carboxylic acids is 1. The first-order chi connectivity index (χ1) is 25.2. The third-order valence-corrected chi connectivity index (χ3v) is 10.0. The SMILES string of the molecule is CN1C(=O)C[C@H](C(=O)N(CC(=O)O)CC(=O)NCCOC2CCC(OCCCC(=O)NC3CCC(C(=O)OC(C)(C)C)CC3)CC2)[C@H]1c1cccnc1. The molecule has 4 rings (SSSR count). The first-order valence-electron chi connectivity index (χ1n) is 18.9. The van der Waals surface area contributed by atoms with Gasteiger partial charge in [-0.2, -0.15) is 0 Å². The number of nitrogens with one attached hydrogen (secondary N) is 2. The maximum Gasteiger partial charge on any atom is 0.323 e. The molecule has 4 amide bonds. The Morgan fingerprint density at radius 1 is 0.943 bits per heavy atom. The minimum atomic E-state index is -1.26. The van der Waals surface area contributed by atoms with Crippen LogP contribution in [-0.4, -0.2) is 119 Å². The number of rotatable bonds is 17. The van der Waals surface area contributed by atoms with E-state index >= 15 is 0 Å². The number of likely N-dealkylation sites (tertiary alicyclic amines) is 1. The second-order valence-corrected chi connectivity index (χ2v) is 15.4. The van der Waals surface area contributed by atoms with Crippen molar-refractivity contribution in [2.24, 2.45) is 11.8 Å². The van der Waals surface area contributed by atoms with E-state index in [2.05, 4.69) is 15.6 Å². The average molecular weight is 744 g/mol. The molecule has 2 atom stereocenters. The van der Waals surface area contributed by atoms with Crippen molar-refractivity contribution in [3.8, 4) is 0 Å². The van der Waals surface area contributed by atoms with E-state index < -0.39 is 48.4 Å². The van der Waals surface area contributed by atoms with Gasteiger partial charge in [0, 0.05) is 51.5 Å². The smallest absolute Gasteiger partial charge is 0.323 e. The summed E-state index contributed by atoms with van der Waals surface area (Å²) in [6.45, 7) is 5.43. The van der Waals surface area contributed by atoms with Crippen LogP contribution in [0.1, 0.15) is 103 Å². The average Bonchev–Trinajstić information content (AvgIpc) is 3.41. The molecule has 0 radical (unpaired) electrons. The van der Waals surface area contributed by atoms with Crippen LogP contribution in [0, 0.1) is 11.8 Å². The van der Waals surface area contributed by atoms with E-state index in [9.17, 15) is 33.9 Å². The summed E-state index contributed by atoms with van der Waals surface area (Å²) in [5.74, 6) is -3.70. The lowest BCUT2D eigenvalue weighted by Crippen LogP contribution is -2.47. The Balaban J connectivity index is 1.07. The highest BCUT2D eigenvalue weighted by Gasteiger charge is 2.45. The fraction of sp³-hybridized carbons (Fsp3) is 0.711. The molecular weight excluding hydrogens is 686 g/mol. The molecule has 3 fully saturated rings. The van der Waals surface area contributed by atoms with E-state index in [-0.39, 0.29) is 61.5 Å². The van der Waals surface area contributed by atoms with Gasteiger partial charge in [-0.3, -0.25) is 33.8 Å². The van der Waals surface area contributed by atoms with Crippen LogP contribution in [0.5, 0.6) is 0 Å². The fourth-order valence-corrected chi connectivity index (χ4v) is 7.36. The summed E-state index contributed by atoms with van der Waals surface area (Å²) in [7, 11) is 1.59. The topological polar surface area (TPSA) is 194 Å². The Morgan fingerprint density at radius 3 is 2.21 bits per heavy atom. The third kappa shape index (κ3) is 13.4. The molecule has 1 saturated heterocycles. The third-order valence-electron chi connectivity index (χ3n) is 10.0. The molecule has 3 aliphatic rings. The molecule has 0 bridgehead atoms. The number of carbonyl (C=O) groups is 6. The van der Waals surface area contributed by atoms with Gasteiger partial charge in [0.05, 0.1) is 36.7 Å². The van der Waals surface area contributed by atoms with Crippen LogP contribution >= 0.6 is 0 Å². The summed E-state index contributed by atoms with van der Waals surface area (Å²) in [5, 5.41) is 15.3. The van der Waals surface area contributed by atoms with E-state index in [4.69, 9.17) is 14.2 Å². The first-order valence-corrected chi connectivity index (χ1v) is 18.9. The molecule has 2 aliphatic carbocycles. The zero-order valence-corrected chi connectivity index (χ0v) is 31.6. The number of amides is 4. The summed E-state index contributed by atoms with van der Waals surface area (Å²) in [4.78, 5) is 81.8. The molecule has 53 heavy (non-hydrogen) atoms.